The molecule has 3 aromatic rings. The number of aryl methyl sites for hydroxylation is 1. The van der Waals surface area contributed by atoms with E-state index in [1.54, 1.807) is 0 Å². The fourth-order valence-electron chi connectivity index (χ4n) is 2.09. The van der Waals surface area contributed by atoms with Crippen molar-refractivity contribution in [1.82, 2.24) is 9.97 Å². The molecule has 80 valence electrons. The first-order chi connectivity index (χ1) is 7.66. The Bertz CT molecular complexity index is 700. The highest BCUT2D eigenvalue weighted by Crippen LogP contribution is 2.33. The van der Waals surface area contributed by atoms with E-state index in [2.05, 4.69) is 32.0 Å². The quantitative estimate of drug-likeness (QED) is 0.661. The molecule has 0 aliphatic rings. The van der Waals surface area contributed by atoms with Crippen LogP contribution in [0.5, 0.6) is 0 Å². The third-order valence-electron chi connectivity index (χ3n) is 2.76. The molecule has 3 nitrogen and oxygen atoms in total. The highest BCUT2D eigenvalue weighted by molar-refractivity contribution is 9.10. The number of nitrogens with one attached hydrogen (secondary N) is 1. The Hall–Kier alpha value is -1.55. The van der Waals surface area contributed by atoms with E-state index in [1.807, 2.05) is 25.1 Å². The molecule has 16 heavy (non-hydrogen) atoms. The molecule has 2 heterocycles. The monoisotopic (exact) mass is 275 g/mol. The zero-order chi connectivity index (χ0) is 11.3. The number of H-pyrrole nitrogens is 1. The van der Waals surface area contributed by atoms with Crippen LogP contribution in [0.25, 0.3) is 21.8 Å². The van der Waals surface area contributed by atoms with E-state index in [9.17, 15) is 0 Å². The first-order valence-corrected chi connectivity index (χ1v) is 5.79. The van der Waals surface area contributed by atoms with Gasteiger partial charge in [-0.3, -0.25) is 0 Å². The third-order valence-corrected chi connectivity index (χ3v) is 3.42. The molecule has 0 radical (unpaired) electrons. The summed E-state index contributed by atoms with van der Waals surface area (Å²) in [7, 11) is 0. The lowest BCUT2D eigenvalue weighted by atomic mass is 10.1. The van der Waals surface area contributed by atoms with Crippen molar-refractivity contribution in [3.05, 3.63) is 34.4 Å². The summed E-state index contributed by atoms with van der Waals surface area (Å²) in [6.07, 6.45) is 0. The van der Waals surface area contributed by atoms with Crippen molar-refractivity contribution in [2.75, 3.05) is 5.73 Å². The van der Waals surface area contributed by atoms with E-state index in [-0.39, 0.29) is 0 Å². The van der Waals surface area contributed by atoms with Crippen LogP contribution in [0.4, 0.5) is 5.82 Å². The van der Waals surface area contributed by atoms with Crippen molar-refractivity contribution >= 4 is 43.6 Å². The minimum Gasteiger partial charge on any atom is -0.384 e. The van der Waals surface area contributed by atoms with Gasteiger partial charge in [-0.1, -0.05) is 22.0 Å². The summed E-state index contributed by atoms with van der Waals surface area (Å²) in [4.78, 5) is 7.62. The lowest BCUT2D eigenvalue weighted by Crippen LogP contribution is -1.92. The van der Waals surface area contributed by atoms with Gasteiger partial charge < -0.3 is 10.7 Å². The minimum atomic E-state index is 0.557. The zero-order valence-electron chi connectivity index (χ0n) is 8.71. The van der Waals surface area contributed by atoms with Gasteiger partial charge in [0.05, 0.1) is 11.2 Å². The second-order valence-corrected chi connectivity index (χ2v) is 4.70. The maximum absolute atomic E-state index is 5.78. The number of hydrogen-bond acceptors (Lipinski definition) is 2. The van der Waals surface area contributed by atoms with Crippen LogP contribution in [0.3, 0.4) is 0 Å². The minimum absolute atomic E-state index is 0.557. The lowest BCUT2D eigenvalue weighted by Gasteiger charge is -1.98. The van der Waals surface area contributed by atoms with Gasteiger partial charge in [0.1, 0.15) is 5.82 Å². The van der Waals surface area contributed by atoms with E-state index in [0.29, 0.717) is 5.82 Å². The van der Waals surface area contributed by atoms with Gasteiger partial charge in [-0.25, -0.2) is 4.98 Å². The Morgan fingerprint density at radius 1 is 1.38 bits per heavy atom. The van der Waals surface area contributed by atoms with E-state index in [0.717, 1.165) is 32.0 Å². The van der Waals surface area contributed by atoms with Crippen LogP contribution in [0.1, 0.15) is 5.69 Å². The van der Waals surface area contributed by atoms with Gasteiger partial charge in [-0.05, 0) is 25.1 Å². The number of benzene rings is 1. The molecule has 4 heteroatoms. The Morgan fingerprint density at radius 3 is 3.00 bits per heavy atom. The van der Waals surface area contributed by atoms with E-state index >= 15 is 0 Å². The fourth-order valence-corrected chi connectivity index (χ4v) is 2.67. The predicted molar refractivity (Wildman–Crippen MR) is 70.4 cm³/mol. The molecule has 2 aromatic heterocycles. The summed E-state index contributed by atoms with van der Waals surface area (Å²) >= 11 is 3.57. The molecule has 0 saturated carbocycles. The standard InChI is InChI=1S/C12H10BrN3/c1-6-12-7(5-10(14)15-6)11-8(13)3-2-4-9(11)16-12/h2-5,16H,1H3,(H2,14,15). The van der Waals surface area contributed by atoms with Crippen molar-refractivity contribution in [3.63, 3.8) is 0 Å². The number of rotatable bonds is 0. The largest absolute Gasteiger partial charge is 0.384 e. The predicted octanol–water partition coefficient (Wildman–Crippen LogP) is 3.37. The molecule has 0 bridgehead atoms. The fraction of sp³-hybridized carbons (Fsp3) is 0.0833. The Labute approximate surface area is 101 Å². The van der Waals surface area contributed by atoms with Crippen LogP contribution in [-0.2, 0) is 0 Å². The first kappa shape index (κ1) is 9.66. The summed E-state index contributed by atoms with van der Waals surface area (Å²) in [5, 5.41) is 2.28. The second-order valence-electron chi connectivity index (χ2n) is 3.84. The van der Waals surface area contributed by atoms with Gasteiger partial charge in [0.15, 0.2) is 0 Å². The average molecular weight is 276 g/mol. The number of fused-ring (bicyclic) bond motifs is 3. The molecule has 1 aromatic carbocycles. The zero-order valence-corrected chi connectivity index (χ0v) is 10.3. The Kier molecular flexibility index (Phi) is 1.94. The van der Waals surface area contributed by atoms with Gasteiger partial charge in [0.25, 0.3) is 0 Å². The third kappa shape index (κ3) is 1.23. The molecule has 0 fully saturated rings. The van der Waals surface area contributed by atoms with E-state index in [1.165, 1.54) is 0 Å². The van der Waals surface area contributed by atoms with Crippen molar-refractivity contribution in [1.29, 1.82) is 0 Å². The van der Waals surface area contributed by atoms with Crippen molar-refractivity contribution in [2.45, 2.75) is 6.92 Å². The summed E-state index contributed by atoms with van der Waals surface area (Å²) in [5.74, 6) is 0.557. The first-order valence-electron chi connectivity index (χ1n) is 5.00. The SMILES string of the molecule is Cc1nc(N)cc2c1[nH]c1cccc(Br)c12. The maximum Gasteiger partial charge on any atom is 0.124 e. The van der Waals surface area contributed by atoms with Crippen LogP contribution < -0.4 is 5.73 Å². The molecule has 0 aliphatic heterocycles. The number of aromatic amines is 1. The number of nitrogens with two attached hydrogens (primary N) is 1. The average Bonchev–Trinajstić information content (AvgIpc) is 2.58. The van der Waals surface area contributed by atoms with Crippen LogP contribution in [0.2, 0.25) is 0 Å². The van der Waals surface area contributed by atoms with Gasteiger partial charge in [-0.2, -0.15) is 0 Å². The highest BCUT2D eigenvalue weighted by Gasteiger charge is 2.10. The summed E-state index contributed by atoms with van der Waals surface area (Å²) in [6.45, 7) is 1.96. The topological polar surface area (TPSA) is 54.7 Å². The smallest absolute Gasteiger partial charge is 0.124 e. The summed E-state index contributed by atoms with van der Waals surface area (Å²) in [6, 6.07) is 8.00. The normalized spacial score (nSPS) is 11.4. The van der Waals surface area contributed by atoms with Crippen molar-refractivity contribution < 1.29 is 0 Å². The molecule has 3 N–H and O–H groups in total. The van der Waals surface area contributed by atoms with E-state index in [4.69, 9.17) is 5.73 Å². The molecule has 3 rings (SSSR count). The van der Waals surface area contributed by atoms with Crippen LogP contribution in [0.15, 0.2) is 28.7 Å². The molecule has 0 saturated heterocycles. The number of pyridine rings is 1. The van der Waals surface area contributed by atoms with Gasteiger partial charge in [0.2, 0.25) is 0 Å². The maximum atomic E-state index is 5.78. The molecule has 0 spiro atoms. The van der Waals surface area contributed by atoms with Crippen LogP contribution in [-0.4, -0.2) is 9.97 Å². The van der Waals surface area contributed by atoms with Crippen LogP contribution in [0, 0.1) is 6.92 Å². The van der Waals surface area contributed by atoms with E-state index < -0.39 is 0 Å². The van der Waals surface area contributed by atoms with Gasteiger partial charge >= 0.3 is 0 Å². The number of nitrogen functional groups attached to an aromatic ring is 1. The lowest BCUT2D eigenvalue weighted by molar-refractivity contribution is 1.23. The number of hydrogen-bond donors (Lipinski definition) is 2. The second kappa shape index (κ2) is 3.22. The molecule has 0 unspecified atom stereocenters. The molecule has 0 amide bonds. The number of halogens is 1. The number of aromatic nitrogens is 2. The number of anilines is 1. The Morgan fingerprint density at radius 2 is 2.19 bits per heavy atom. The number of nitrogens with zero attached hydrogens (tertiary/aromatic N) is 1. The van der Waals surface area contributed by atoms with Gasteiger partial charge in [0, 0.05) is 20.8 Å². The van der Waals surface area contributed by atoms with Gasteiger partial charge in [-0.15, -0.1) is 0 Å². The van der Waals surface area contributed by atoms with Crippen molar-refractivity contribution in [2.24, 2.45) is 0 Å². The summed E-state index contributed by atoms with van der Waals surface area (Å²) in [5.41, 5.74) is 8.86. The molecular formula is C12H10BrN3. The highest BCUT2D eigenvalue weighted by atomic mass is 79.9. The molecular weight excluding hydrogens is 266 g/mol. The Balaban J connectivity index is 2.63. The van der Waals surface area contributed by atoms with Crippen LogP contribution >= 0.6 is 15.9 Å². The molecule has 0 atom stereocenters. The van der Waals surface area contributed by atoms with Crippen molar-refractivity contribution in [3.8, 4) is 0 Å². The summed E-state index contributed by atoms with van der Waals surface area (Å²) < 4.78 is 1.07. The molecule has 0 aliphatic carbocycles.